The SMILES string of the molecule is O=[N+]([O-])[C@H]1[C@@H](c2c[nH]c3ccccc23)c2ccccc2O[C@@H]1c1ccccc1. The van der Waals surface area contributed by atoms with Crippen LogP contribution >= 0.6 is 0 Å². The number of aromatic amines is 1. The average Bonchev–Trinajstić information content (AvgIpc) is 3.16. The minimum Gasteiger partial charge on any atom is -0.478 e. The Morgan fingerprint density at radius 1 is 0.857 bits per heavy atom. The quantitative estimate of drug-likeness (QED) is 0.404. The van der Waals surface area contributed by atoms with Crippen LogP contribution in [0.2, 0.25) is 0 Å². The van der Waals surface area contributed by atoms with Crippen molar-refractivity contribution < 1.29 is 9.66 Å². The molecule has 28 heavy (non-hydrogen) atoms. The number of para-hydroxylation sites is 2. The summed E-state index contributed by atoms with van der Waals surface area (Å²) >= 11 is 0. The molecule has 0 radical (unpaired) electrons. The molecule has 5 heteroatoms. The van der Waals surface area contributed by atoms with Crippen LogP contribution in [-0.4, -0.2) is 15.9 Å². The summed E-state index contributed by atoms with van der Waals surface area (Å²) in [5, 5.41) is 13.3. The van der Waals surface area contributed by atoms with Crippen LogP contribution in [0.15, 0.2) is 85.1 Å². The van der Waals surface area contributed by atoms with Gasteiger partial charge in [0.05, 0.1) is 5.92 Å². The van der Waals surface area contributed by atoms with Crippen molar-refractivity contribution in [2.45, 2.75) is 18.1 Å². The highest BCUT2D eigenvalue weighted by Crippen LogP contribution is 2.47. The Balaban J connectivity index is 1.75. The summed E-state index contributed by atoms with van der Waals surface area (Å²) in [5.41, 5.74) is 3.55. The van der Waals surface area contributed by atoms with E-state index in [1.807, 2.05) is 85.1 Å². The number of ether oxygens (including phenoxy) is 1. The van der Waals surface area contributed by atoms with Gasteiger partial charge in [-0.25, -0.2) is 0 Å². The lowest BCUT2D eigenvalue weighted by molar-refractivity contribution is -0.538. The monoisotopic (exact) mass is 370 g/mol. The molecule has 0 spiro atoms. The smallest absolute Gasteiger partial charge is 0.264 e. The molecule has 3 atom stereocenters. The number of H-pyrrole nitrogens is 1. The van der Waals surface area contributed by atoms with Crippen LogP contribution < -0.4 is 4.74 Å². The average molecular weight is 370 g/mol. The summed E-state index contributed by atoms with van der Waals surface area (Å²) in [6.07, 6.45) is 1.24. The van der Waals surface area contributed by atoms with Crippen LogP contribution in [0.5, 0.6) is 5.75 Å². The van der Waals surface area contributed by atoms with Gasteiger partial charge < -0.3 is 9.72 Å². The third-order valence-corrected chi connectivity index (χ3v) is 5.49. The molecule has 0 saturated heterocycles. The van der Waals surface area contributed by atoms with Crippen molar-refractivity contribution >= 4 is 10.9 Å². The predicted octanol–water partition coefficient (Wildman–Crippen LogP) is 5.08. The van der Waals surface area contributed by atoms with Crippen molar-refractivity contribution in [1.82, 2.24) is 4.98 Å². The largest absolute Gasteiger partial charge is 0.478 e. The predicted molar refractivity (Wildman–Crippen MR) is 107 cm³/mol. The maximum Gasteiger partial charge on any atom is 0.264 e. The first-order chi connectivity index (χ1) is 13.7. The molecular formula is C23H18N2O3. The number of benzene rings is 3. The van der Waals surface area contributed by atoms with Gasteiger partial charge in [0, 0.05) is 27.6 Å². The van der Waals surface area contributed by atoms with Gasteiger partial charge in [0.2, 0.25) is 0 Å². The van der Waals surface area contributed by atoms with E-state index in [1.54, 1.807) is 0 Å². The molecule has 0 saturated carbocycles. The molecule has 0 fully saturated rings. The van der Waals surface area contributed by atoms with E-state index < -0.39 is 18.1 Å². The van der Waals surface area contributed by atoms with Gasteiger partial charge in [-0.2, -0.15) is 0 Å². The summed E-state index contributed by atoms with van der Waals surface area (Å²) < 4.78 is 6.18. The fraction of sp³-hybridized carbons (Fsp3) is 0.130. The zero-order valence-electron chi connectivity index (χ0n) is 15.0. The molecular weight excluding hydrogens is 352 g/mol. The molecule has 4 aromatic rings. The third-order valence-electron chi connectivity index (χ3n) is 5.49. The summed E-state index contributed by atoms with van der Waals surface area (Å²) in [5.74, 6) is 0.283. The Kier molecular flexibility index (Phi) is 3.86. The fourth-order valence-corrected chi connectivity index (χ4v) is 4.25. The first-order valence-electron chi connectivity index (χ1n) is 9.24. The van der Waals surface area contributed by atoms with Crippen molar-refractivity contribution in [3.05, 3.63) is 112 Å². The molecule has 0 unspecified atom stereocenters. The van der Waals surface area contributed by atoms with Crippen molar-refractivity contribution in [3.63, 3.8) is 0 Å². The lowest BCUT2D eigenvalue weighted by Crippen LogP contribution is -2.40. The molecule has 1 aromatic heterocycles. The summed E-state index contributed by atoms with van der Waals surface area (Å²) in [6, 6.07) is 24.1. The van der Waals surface area contributed by atoms with Gasteiger partial charge in [-0.15, -0.1) is 0 Å². The topological polar surface area (TPSA) is 68.2 Å². The van der Waals surface area contributed by atoms with Crippen LogP contribution in [0.25, 0.3) is 10.9 Å². The first-order valence-corrected chi connectivity index (χ1v) is 9.24. The Morgan fingerprint density at radius 2 is 1.57 bits per heavy atom. The van der Waals surface area contributed by atoms with Gasteiger partial charge in [-0.1, -0.05) is 66.7 Å². The van der Waals surface area contributed by atoms with Crippen molar-refractivity contribution in [1.29, 1.82) is 0 Å². The van der Waals surface area contributed by atoms with E-state index in [-0.39, 0.29) is 4.92 Å². The van der Waals surface area contributed by atoms with Crippen molar-refractivity contribution in [3.8, 4) is 5.75 Å². The molecule has 0 aliphatic carbocycles. The summed E-state index contributed by atoms with van der Waals surface area (Å²) in [7, 11) is 0. The zero-order chi connectivity index (χ0) is 19.1. The second-order valence-corrected chi connectivity index (χ2v) is 7.03. The Bertz CT molecular complexity index is 1150. The number of aromatic nitrogens is 1. The third kappa shape index (κ3) is 2.55. The maximum atomic E-state index is 12.3. The Labute approximate surface area is 161 Å². The molecule has 5 rings (SSSR count). The van der Waals surface area contributed by atoms with E-state index in [1.165, 1.54) is 0 Å². The minimum atomic E-state index is -0.934. The Hall–Kier alpha value is -3.60. The van der Waals surface area contributed by atoms with Gasteiger partial charge >= 0.3 is 0 Å². The number of nitro groups is 1. The molecule has 3 aromatic carbocycles. The standard InChI is InChI=1S/C23H18N2O3/c26-25(27)22-21(18-14-24-19-12-6-4-10-16(18)19)17-11-5-7-13-20(17)28-23(22)15-8-2-1-3-9-15/h1-14,21-24H/t21-,22+,23-/m1/s1. The van der Waals surface area contributed by atoms with Crippen LogP contribution in [0, 0.1) is 10.1 Å². The molecule has 138 valence electrons. The van der Waals surface area contributed by atoms with Gasteiger partial charge in [-0.3, -0.25) is 10.1 Å². The Morgan fingerprint density at radius 3 is 2.39 bits per heavy atom. The number of hydrogen-bond donors (Lipinski definition) is 1. The number of fused-ring (bicyclic) bond motifs is 2. The number of hydrogen-bond acceptors (Lipinski definition) is 3. The van der Waals surface area contributed by atoms with Crippen molar-refractivity contribution in [2.75, 3.05) is 0 Å². The molecule has 1 aliphatic heterocycles. The number of nitrogens with one attached hydrogen (secondary N) is 1. The van der Waals surface area contributed by atoms with E-state index in [2.05, 4.69) is 4.98 Å². The highest BCUT2D eigenvalue weighted by molar-refractivity contribution is 5.84. The van der Waals surface area contributed by atoms with E-state index in [9.17, 15) is 10.1 Å². The lowest BCUT2D eigenvalue weighted by Gasteiger charge is -2.34. The molecule has 1 aliphatic rings. The van der Waals surface area contributed by atoms with Gasteiger partial charge in [0.1, 0.15) is 5.75 Å². The highest BCUT2D eigenvalue weighted by Gasteiger charge is 2.48. The molecule has 1 N–H and O–H groups in total. The van der Waals surface area contributed by atoms with Crippen LogP contribution in [0.3, 0.4) is 0 Å². The fourth-order valence-electron chi connectivity index (χ4n) is 4.25. The van der Waals surface area contributed by atoms with E-state index in [4.69, 9.17) is 4.74 Å². The minimum absolute atomic E-state index is 0.194. The van der Waals surface area contributed by atoms with Gasteiger partial charge in [-0.05, 0) is 23.3 Å². The second kappa shape index (κ2) is 6.53. The van der Waals surface area contributed by atoms with E-state index in [0.717, 1.165) is 27.6 Å². The number of rotatable bonds is 3. The van der Waals surface area contributed by atoms with Crippen LogP contribution in [0.1, 0.15) is 28.7 Å². The second-order valence-electron chi connectivity index (χ2n) is 7.03. The van der Waals surface area contributed by atoms with Crippen molar-refractivity contribution in [2.24, 2.45) is 0 Å². The molecule has 0 amide bonds. The molecule has 5 nitrogen and oxygen atoms in total. The van der Waals surface area contributed by atoms with E-state index in [0.29, 0.717) is 5.75 Å². The summed E-state index contributed by atoms with van der Waals surface area (Å²) in [6.45, 7) is 0. The van der Waals surface area contributed by atoms with Gasteiger partial charge in [0.15, 0.2) is 6.10 Å². The van der Waals surface area contributed by atoms with Crippen LogP contribution in [0.4, 0.5) is 0 Å². The van der Waals surface area contributed by atoms with Gasteiger partial charge in [0.25, 0.3) is 6.04 Å². The van der Waals surface area contributed by atoms with Crippen LogP contribution in [-0.2, 0) is 0 Å². The molecule has 2 heterocycles. The lowest BCUT2D eigenvalue weighted by atomic mass is 9.78. The summed E-state index contributed by atoms with van der Waals surface area (Å²) in [4.78, 5) is 15.4. The van der Waals surface area contributed by atoms with E-state index >= 15 is 0 Å². The zero-order valence-corrected chi connectivity index (χ0v) is 15.0. The highest BCUT2D eigenvalue weighted by atomic mass is 16.6. The molecule has 0 bridgehead atoms. The normalized spacial score (nSPS) is 21.1. The number of nitrogens with zero attached hydrogens (tertiary/aromatic N) is 1. The maximum absolute atomic E-state index is 12.3. The first kappa shape index (κ1) is 16.6.